The number of esters is 1. The van der Waals surface area contributed by atoms with E-state index >= 15 is 0 Å². The molecule has 0 saturated carbocycles. The lowest BCUT2D eigenvalue weighted by molar-refractivity contribution is -0.289. The lowest BCUT2D eigenvalue weighted by atomic mass is 10.0. The smallest absolute Gasteiger partial charge is 0.458 e. The van der Waals surface area contributed by atoms with Crippen LogP contribution < -0.4 is 0 Å². The van der Waals surface area contributed by atoms with E-state index in [1.807, 2.05) is 0 Å². The quantitative estimate of drug-likeness (QED) is 0.438. The van der Waals surface area contributed by atoms with Crippen LogP contribution in [-0.4, -0.2) is 18.8 Å². The van der Waals surface area contributed by atoms with Gasteiger partial charge in [0.25, 0.3) is 0 Å². The Morgan fingerprint density at radius 2 is 1.84 bits per heavy atom. The van der Waals surface area contributed by atoms with Crippen molar-refractivity contribution in [3.63, 3.8) is 0 Å². The Morgan fingerprint density at radius 3 is 2.32 bits per heavy atom. The number of carbonyl (C=O) groups is 1. The molecule has 0 N–H and O–H groups in total. The predicted molar refractivity (Wildman–Crippen MR) is 65.1 cm³/mol. The Kier molecular flexibility index (Phi) is 4.75. The van der Waals surface area contributed by atoms with Crippen molar-refractivity contribution in [2.75, 3.05) is 6.61 Å². The molecule has 1 aromatic rings. The van der Waals surface area contributed by atoms with E-state index in [4.69, 9.17) is 0 Å². The van der Waals surface area contributed by atoms with E-state index < -0.39 is 23.6 Å². The van der Waals surface area contributed by atoms with Gasteiger partial charge in [0.05, 0.1) is 12.2 Å². The number of hydrogen-bond donors (Lipinski definition) is 0. The van der Waals surface area contributed by atoms with E-state index in [1.54, 1.807) is 0 Å². The van der Waals surface area contributed by atoms with Gasteiger partial charge in [0, 0.05) is 9.13 Å². The molecule has 8 heteroatoms. The molecular formula is C11H8F5IO2. The van der Waals surface area contributed by atoms with Crippen molar-refractivity contribution in [1.29, 1.82) is 0 Å². The highest BCUT2D eigenvalue weighted by Gasteiger charge is 2.59. The summed E-state index contributed by atoms with van der Waals surface area (Å²) in [7, 11) is 0. The summed E-state index contributed by atoms with van der Waals surface area (Å²) in [6, 6.07) is 2.66. The third-order valence-electron chi connectivity index (χ3n) is 2.17. The predicted octanol–water partition coefficient (Wildman–Crippen LogP) is 4.12. The minimum Gasteiger partial charge on any atom is -0.462 e. The molecule has 0 atom stereocenters. The molecule has 0 aromatic heterocycles. The molecule has 106 valence electrons. The number of halogens is 6. The summed E-state index contributed by atoms with van der Waals surface area (Å²) in [6.45, 7) is 1.49. The van der Waals surface area contributed by atoms with Crippen LogP contribution >= 0.6 is 22.6 Å². The van der Waals surface area contributed by atoms with Crippen molar-refractivity contribution >= 4 is 28.6 Å². The minimum absolute atomic E-state index is 0.00415. The van der Waals surface area contributed by atoms with Gasteiger partial charge in [-0.25, -0.2) is 4.79 Å². The maximum atomic E-state index is 13.3. The van der Waals surface area contributed by atoms with Gasteiger partial charge in [-0.3, -0.25) is 0 Å². The summed E-state index contributed by atoms with van der Waals surface area (Å²) in [5.74, 6) is -5.97. The average molecular weight is 394 g/mol. The van der Waals surface area contributed by atoms with Crippen molar-refractivity contribution in [1.82, 2.24) is 0 Å². The third kappa shape index (κ3) is 3.34. The molecule has 0 aliphatic rings. The first-order valence-corrected chi connectivity index (χ1v) is 6.10. The fraction of sp³-hybridized carbons (Fsp3) is 0.364. The fourth-order valence-electron chi connectivity index (χ4n) is 1.26. The molecule has 2 nitrogen and oxygen atoms in total. The molecule has 0 fully saturated rings. The third-order valence-corrected chi connectivity index (χ3v) is 3.11. The zero-order valence-corrected chi connectivity index (χ0v) is 11.7. The highest BCUT2D eigenvalue weighted by atomic mass is 127. The Labute approximate surface area is 119 Å². The average Bonchev–Trinajstić information content (AvgIpc) is 2.28. The molecule has 1 aromatic carbocycles. The highest BCUT2D eigenvalue weighted by Crippen LogP contribution is 2.45. The first-order chi connectivity index (χ1) is 8.61. The summed E-state index contributed by atoms with van der Waals surface area (Å²) in [6.07, 6.45) is -5.72. The molecule has 0 aliphatic heterocycles. The molecular weight excluding hydrogens is 386 g/mol. The molecule has 0 amide bonds. The first-order valence-electron chi connectivity index (χ1n) is 5.03. The van der Waals surface area contributed by atoms with Crippen LogP contribution in [0.4, 0.5) is 22.0 Å². The van der Waals surface area contributed by atoms with Crippen LogP contribution in [0.25, 0.3) is 0 Å². The monoisotopic (exact) mass is 394 g/mol. The molecule has 1 rings (SSSR count). The lowest BCUT2D eigenvalue weighted by Gasteiger charge is -2.21. The van der Waals surface area contributed by atoms with Crippen molar-refractivity contribution in [3.05, 3.63) is 32.9 Å². The van der Waals surface area contributed by atoms with Gasteiger partial charge >= 0.3 is 18.1 Å². The molecule has 0 aliphatic carbocycles. The van der Waals surface area contributed by atoms with Crippen molar-refractivity contribution in [3.8, 4) is 0 Å². The Hall–Kier alpha value is -0.930. The second kappa shape index (κ2) is 5.59. The van der Waals surface area contributed by atoms with E-state index in [9.17, 15) is 26.7 Å². The standard InChI is InChI=1S/C11H8F5IO2/c1-2-19-9(18)6-3-4-8(17)7(5-6)10(12,13)11(14,15)16/h3-5H,2H2,1H3. The van der Waals surface area contributed by atoms with E-state index in [-0.39, 0.29) is 15.7 Å². The van der Waals surface area contributed by atoms with E-state index in [0.29, 0.717) is 6.07 Å². The Balaban J connectivity index is 3.29. The van der Waals surface area contributed by atoms with Crippen molar-refractivity contribution in [2.24, 2.45) is 0 Å². The summed E-state index contributed by atoms with van der Waals surface area (Å²) in [5, 5.41) is 0. The number of benzene rings is 1. The molecule has 0 unspecified atom stereocenters. The summed E-state index contributed by atoms with van der Waals surface area (Å²) >= 11 is 1.35. The Morgan fingerprint density at radius 1 is 1.26 bits per heavy atom. The van der Waals surface area contributed by atoms with Gasteiger partial charge in [0.1, 0.15) is 0 Å². The summed E-state index contributed by atoms with van der Waals surface area (Å²) in [4.78, 5) is 11.3. The topological polar surface area (TPSA) is 26.3 Å². The number of hydrogen-bond acceptors (Lipinski definition) is 2. The molecule has 0 spiro atoms. The number of rotatable bonds is 3. The Bertz CT molecular complexity index is 484. The lowest BCUT2D eigenvalue weighted by Crippen LogP contribution is -2.34. The van der Waals surface area contributed by atoms with Gasteiger partial charge in [-0.1, -0.05) is 0 Å². The fourth-order valence-corrected chi connectivity index (χ4v) is 1.93. The zero-order valence-electron chi connectivity index (χ0n) is 9.52. The maximum Gasteiger partial charge on any atom is 0.458 e. The van der Waals surface area contributed by atoms with E-state index in [1.165, 1.54) is 29.5 Å². The summed E-state index contributed by atoms with van der Waals surface area (Å²) < 4.78 is 67.7. The SMILES string of the molecule is CCOC(=O)c1ccc(I)c(C(F)(F)C(F)(F)F)c1. The van der Waals surface area contributed by atoms with Crippen molar-refractivity contribution < 1.29 is 31.5 Å². The van der Waals surface area contributed by atoms with Gasteiger partial charge in [-0.15, -0.1) is 0 Å². The van der Waals surface area contributed by atoms with Crippen LogP contribution in [0.1, 0.15) is 22.8 Å². The summed E-state index contributed by atoms with van der Waals surface area (Å²) in [5.41, 5.74) is -1.60. The van der Waals surface area contributed by atoms with Crippen LogP contribution in [0.5, 0.6) is 0 Å². The minimum atomic E-state index is -5.72. The van der Waals surface area contributed by atoms with Crippen LogP contribution in [0, 0.1) is 3.57 Å². The van der Waals surface area contributed by atoms with Crippen molar-refractivity contribution in [2.45, 2.75) is 19.0 Å². The second-order valence-electron chi connectivity index (χ2n) is 3.49. The molecule has 19 heavy (non-hydrogen) atoms. The van der Waals surface area contributed by atoms with Crippen LogP contribution in [0.15, 0.2) is 18.2 Å². The molecule has 0 heterocycles. The maximum absolute atomic E-state index is 13.3. The molecule has 0 saturated heterocycles. The highest BCUT2D eigenvalue weighted by molar-refractivity contribution is 14.1. The van der Waals surface area contributed by atoms with E-state index in [2.05, 4.69) is 4.74 Å². The van der Waals surface area contributed by atoms with Crippen LogP contribution in [0.3, 0.4) is 0 Å². The van der Waals surface area contributed by atoms with Gasteiger partial charge < -0.3 is 4.74 Å². The number of carbonyl (C=O) groups excluding carboxylic acids is 1. The van der Waals surface area contributed by atoms with Gasteiger partial charge in [-0.05, 0) is 47.7 Å². The largest absolute Gasteiger partial charge is 0.462 e. The second-order valence-corrected chi connectivity index (χ2v) is 4.65. The zero-order chi connectivity index (χ0) is 14.8. The molecule has 0 bridgehead atoms. The van der Waals surface area contributed by atoms with Crippen LogP contribution in [-0.2, 0) is 10.7 Å². The van der Waals surface area contributed by atoms with E-state index in [0.717, 1.165) is 12.1 Å². The number of alkyl halides is 5. The van der Waals surface area contributed by atoms with Gasteiger partial charge in [0.15, 0.2) is 0 Å². The van der Waals surface area contributed by atoms with Gasteiger partial charge in [0.2, 0.25) is 0 Å². The number of ether oxygens (including phenoxy) is 1. The first kappa shape index (κ1) is 16.1. The van der Waals surface area contributed by atoms with Crippen LogP contribution in [0.2, 0.25) is 0 Å². The van der Waals surface area contributed by atoms with Gasteiger partial charge in [-0.2, -0.15) is 22.0 Å². The normalized spacial score (nSPS) is 12.4. The molecule has 0 radical (unpaired) electrons.